The molecule has 1 aliphatic heterocycles. The molecule has 0 spiro atoms. The largest absolute Gasteiger partial charge is 0.480 e. The summed E-state index contributed by atoms with van der Waals surface area (Å²) < 4.78 is 13.2. The number of hydrogen-bond donors (Lipinski definition) is 1. The van der Waals surface area contributed by atoms with Gasteiger partial charge in [-0.15, -0.1) is 0 Å². The number of ketones is 1. The number of aliphatic carboxylic acids is 1. The summed E-state index contributed by atoms with van der Waals surface area (Å²) in [6.07, 6.45) is 0.526. The molecule has 0 saturated heterocycles. The molecule has 1 atom stereocenters. The molecule has 1 aliphatic carbocycles. The van der Waals surface area contributed by atoms with E-state index in [0.29, 0.717) is 40.1 Å². The van der Waals surface area contributed by atoms with Crippen LogP contribution in [-0.4, -0.2) is 34.3 Å². The Morgan fingerprint density at radius 1 is 1.16 bits per heavy atom. The van der Waals surface area contributed by atoms with Crippen molar-refractivity contribution in [1.29, 1.82) is 5.26 Å². The van der Waals surface area contributed by atoms with Gasteiger partial charge in [0.15, 0.2) is 5.78 Å². The number of anilines is 1. The van der Waals surface area contributed by atoms with Crippen molar-refractivity contribution >= 4 is 23.5 Å². The van der Waals surface area contributed by atoms with Crippen LogP contribution in [0, 0.1) is 11.3 Å². The van der Waals surface area contributed by atoms with Crippen molar-refractivity contribution in [2.45, 2.75) is 25.6 Å². The molecular formula is C23H18FN3O4. The van der Waals surface area contributed by atoms with Crippen LogP contribution < -0.4 is 4.90 Å². The molecule has 7 nitrogen and oxygen atoms in total. The van der Waals surface area contributed by atoms with Crippen LogP contribution in [0.4, 0.5) is 14.9 Å². The molecule has 0 fully saturated rings. The minimum absolute atomic E-state index is 0.168. The van der Waals surface area contributed by atoms with Gasteiger partial charge in [0.1, 0.15) is 13.2 Å². The van der Waals surface area contributed by atoms with Crippen LogP contribution in [0.15, 0.2) is 59.8 Å². The topological polar surface area (TPSA) is 102 Å². The first-order valence-corrected chi connectivity index (χ1v) is 9.68. The molecule has 4 rings (SSSR count). The molecule has 1 unspecified atom stereocenters. The first-order valence-electron chi connectivity index (χ1n) is 9.68. The van der Waals surface area contributed by atoms with Gasteiger partial charge in [-0.1, -0.05) is 24.3 Å². The van der Waals surface area contributed by atoms with Gasteiger partial charge in [-0.05, 0) is 41.8 Å². The summed E-state index contributed by atoms with van der Waals surface area (Å²) >= 11 is 0. The zero-order chi connectivity index (χ0) is 22.1. The molecule has 0 bridgehead atoms. The quantitative estimate of drug-likeness (QED) is 0.796. The summed E-state index contributed by atoms with van der Waals surface area (Å²) in [7, 11) is 0. The number of nitriles is 1. The van der Waals surface area contributed by atoms with E-state index in [2.05, 4.69) is 0 Å². The van der Waals surface area contributed by atoms with Crippen molar-refractivity contribution in [3.63, 3.8) is 0 Å². The van der Waals surface area contributed by atoms with E-state index in [-0.39, 0.29) is 12.2 Å². The third kappa shape index (κ3) is 3.55. The van der Waals surface area contributed by atoms with Crippen molar-refractivity contribution in [3.05, 3.63) is 76.5 Å². The minimum atomic E-state index is -1.22. The summed E-state index contributed by atoms with van der Waals surface area (Å²) in [4.78, 5) is 40.4. The predicted octanol–water partition coefficient (Wildman–Crippen LogP) is 3.71. The van der Waals surface area contributed by atoms with E-state index in [1.807, 2.05) is 6.07 Å². The normalized spacial score (nSPS) is 18.3. The predicted molar refractivity (Wildman–Crippen MR) is 109 cm³/mol. The van der Waals surface area contributed by atoms with Crippen LogP contribution in [-0.2, 0) is 16.3 Å². The average molecular weight is 419 g/mol. The molecule has 2 aromatic carbocycles. The first kappa shape index (κ1) is 20.3. The molecule has 1 heterocycles. The van der Waals surface area contributed by atoms with Gasteiger partial charge in [-0.2, -0.15) is 5.26 Å². The van der Waals surface area contributed by atoms with Crippen LogP contribution >= 0.6 is 0 Å². The number of Topliss-reactive ketones (excluding diaryl/α,β-unsaturated/α-hetero) is 1. The lowest BCUT2D eigenvalue weighted by Gasteiger charge is -2.41. The van der Waals surface area contributed by atoms with Gasteiger partial charge in [-0.3, -0.25) is 14.5 Å². The second-order valence-corrected chi connectivity index (χ2v) is 7.36. The van der Waals surface area contributed by atoms with Crippen molar-refractivity contribution in [2.75, 3.05) is 11.4 Å². The lowest BCUT2D eigenvalue weighted by atomic mass is 9.92. The van der Waals surface area contributed by atoms with E-state index in [1.54, 1.807) is 42.5 Å². The SMILES string of the molecule is N#Cc1ccc(C2C3=C(CCC3=O)N(c3cccc(CF)c3)C(=O)N2CC(=O)O)cc1. The monoisotopic (exact) mass is 419 g/mol. The Morgan fingerprint density at radius 3 is 2.55 bits per heavy atom. The number of carbonyl (C=O) groups is 3. The highest BCUT2D eigenvalue weighted by atomic mass is 19.1. The number of nitrogens with zero attached hydrogens (tertiary/aromatic N) is 3. The summed E-state index contributed by atoms with van der Waals surface area (Å²) in [6.45, 7) is -1.33. The van der Waals surface area contributed by atoms with Gasteiger partial charge in [0.25, 0.3) is 0 Å². The fourth-order valence-electron chi connectivity index (χ4n) is 4.15. The van der Waals surface area contributed by atoms with Crippen LogP contribution in [0.3, 0.4) is 0 Å². The second kappa shape index (κ2) is 8.03. The van der Waals surface area contributed by atoms with E-state index in [0.717, 1.165) is 4.90 Å². The Morgan fingerprint density at radius 2 is 1.90 bits per heavy atom. The fourth-order valence-corrected chi connectivity index (χ4v) is 4.15. The zero-order valence-corrected chi connectivity index (χ0v) is 16.4. The molecule has 0 aromatic heterocycles. The number of rotatable bonds is 5. The number of allylic oxidation sites excluding steroid dienone is 1. The second-order valence-electron chi connectivity index (χ2n) is 7.36. The van der Waals surface area contributed by atoms with Gasteiger partial charge in [0.2, 0.25) is 0 Å². The molecular weight excluding hydrogens is 401 g/mol. The van der Waals surface area contributed by atoms with Gasteiger partial charge in [0, 0.05) is 17.7 Å². The fraction of sp³-hybridized carbons (Fsp3) is 0.217. The third-order valence-corrected chi connectivity index (χ3v) is 5.48. The molecule has 1 N–H and O–H groups in total. The third-order valence-electron chi connectivity index (χ3n) is 5.48. The van der Waals surface area contributed by atoms with Crippen molar-refractivity contribution in [3.8, 4) is 6.07 Å². The average Bonchev–Trinajstić information content (AvgIpc) is 3.15. The lowest BCUT2D eigenvalue weighted by Crippen LogP contribution is -2.51. The maximum Gasteiger partial charge on any atom is 0.330 e. The van der Waals surface area contributed by atoms with E-state index in [1.165, 1.54) is 11.0 Å². The molecule has 2 amide bonds. The molecule has 0 saturated carbocycles. The highest BCUT2D eigenvalue weighted by molar-refractivity contribution is 6.08. The summed E-state index contributed by atoms with van der Waals surface area (Å²) in [5.74, 6) is -1.39. The van der Waals surface area contributed by atoms with Gasteiger partial charge in [0.05, 0.1) is 23.4 Å². The van der Waals surface area contributed by atoms with Gasteiger partial charge < -0.3 is 10.0 Å². The standard InChI is InChI=1S/C23H18FN3O4/c24-11-15-2-1-3-17(10-15)27-18-8-9-19(28)21(18)22(26(23(27)31)13-20(29)30)16-6-4-14(12-25)5-7-16/h1-7,10,22H,8-9,11,13H2,(H,29,30). The number of urea groups is 1. The van der Waals surface area contributed by atoms with E-state index < -0.39 is 31.3 Å². The number of carboxylic acids is 1. The highest BCUT2D eigenvalue weighted by Crippen LogP contribution is 2.44. The van der Waals surface area contributed by atoms with Crippen LogP contribution in [0.1, 0.15) is 35.6 Å². The molecule has 0 radical (unpaired) electrons. The maximum absolute atomic E-state index is 13.5. The number of hydrogen-bond acceptors (Lipinski definition) is 4. The molecule has 2 aromatic rings. The smallest absolute Gasteiger partial charge is 0.330 e. The number of carboxylic acid groups (broad SMARTS) is 1. The minimum Gasteiger partial charge on any atom is -0.480 e. The zero-order valence-electron chi connectivity index (χ0n) is 16.4. The number of benzene rings is 2. The van der Waals surface area contributed by atoms with Gasteiger partial charge in [-0.25, -0.2) is 9.18 Å². The van der Waals surface area contributed by atoms with Crippen LogP contribution in [0.5, 0.6) is 0 Å². The maximum atomic E-state index is 13.5. The number of amides is 2. The molecule has 2 aliphatic rings. The van der Waals surface area contributed by atoms with E-state index in [4.69, 9.17) is 5.26 Å². The summed E-state index contributed by atoms with van der Waals surface area (Å²) in [6, 6.07) is 13.3. The Kier molecular flexibility index (Phi) is 5.26. The molecule has 8 heteroatoms. The highest BCUT2D eigenvalue weighted by Gasteiger charge is 2.46. The Balaban J connectivity index is 1.90. The van der Waals surface area contributed by atoms with Gasteiger partial charge >= 0.3 is 12.0 Å². The van der Waals surface area contributed by atoms with Crippen molar-refractivity contribution < 1.29 is 23.9 Å². The molecule has 156 valence electrons. The number of carbonyl (C=O) groups excluding carboxylic acids is 2. The van der Waals surface area contributed by atoms with Crippen molar-refractivity contribution in [1.82, 2.24) is 4.90 Å². The first-order chi connectivity index (χ1) is 14.9. The number of alkyl halides is 1. The Labute approximate surface area is 177 Å². The Hall–Kier alpha value is -3.99. The molecule has 31 heavy (non-hydrogen) atoms. The number of halogens is 1. The van der Waals surface area contributed by atoms with E-state index >= 15 is 0 Å². The van der Waals surface area contributed by atoms with Crippen molar-refractivity contribution in [2.24, 2.45) is 0 Å². The van der Waals surface area contributed by atoms with Crippen LogP contribution in [0.25, 0.3) is 0 Å². The Bertz CT molecular complexity index is 1150. The summed E-state index contributed by atoms with van der Waals surface area (Å²) in [5, 5.41) is 18.5. The van der Waals surface area contributed by atoms with Crippen LogP contribution in [0.2, 0.25) is 0 Å². The van der Waals surface area contributed by atoms with E-state index in [9.17, 15) is 23.9 Å². The lowest BCUT2D eigenvalue weighted by molar-refractivity contribution is -0.138. The summed E-state index contributed by atoms with van der Waals surface area (Å²) in [5.41, 5.74) is 2.57.